The molecular weight excluding hydrogens is 280 g/mol. The quantitative estimate of drug-likeness (QED) is 0.540. The summed E-state index contributed by atoms with van der Waals surface area (Å²) in [5.41, 5.74) is 2.24. The number of hydrogen-bond acceptors (Lipinski definition) is 4. The van der Waals surface area contributed by atoms with Gasteiger partial charge in [0.15, 0.2) is 5.01 Å². The maximum absolute atomic E-state index is 12.1. The van der Waals surface area contributed by atoms with Gasteiger partial charge < -0.3 is 0 Å². The monoisotopic (exact) mass is 290 g/mol. The van der Waals surface area contributed by atoms with Crippen molar-refractivity contribution in [3.05, 3.63) is 70.7 Å². The molecule has 1 heterocycles. The molecular formula is C17H10N2OS. The predicted molar refractivity (Wildman–Crippen MR) is 84.1 cm³/mol. The van der Waals surface area contributed by atoms with Gasteiger partial charge in [0, 0.05) is 0 Å². The highest BCUT2D eigenvalue weighted by molar-refractivity contribution is 7.20. The fourth-order valence-electron chi connectivity index (χ4n) is 1.93. The van der Waals surface area contributed by atoms with Crippen LogP contribution in [0.5, 0.6) is 0 Å². The van der Waals surface area contributed by atoms with Gasteiger partial charge in [0.25, 0.3) is 0 Å². The standard InChI is InChI=1S/C17H10N2OS/c18-11-13-5-3-4-12(10-13)8-9-15(20)17-19-14-6-1-2-7-16(14)21-17/h1-10H/b9-8+. The molecule has 0 fully saturated rings. The third kappa shape index (κ3) is 2.88. The molecule has 0 spiro atoms. The lowest BCUT2D eigenvalue weighted by Crippen LogP contribution is -1.92. The molecule has 0 saturated heterocycles. The summed E-state index contributed by atoms with van der Waals surface area (Å²) < 4.78 is 1.00. The van der Waals surface area contributed by atoms with E-state index in [9.17, 15) is 4.79 Å². The van der Waals surface area contributed by atoms with Gasteiger partial charge in [-0.15, -0.1) is 11.3 Å². The van der Waals surface area contributed by atoms with Gasteiger partial charge in [0.05, 0.1) is 21.8 Å². The van der Waals surface area contributed by atoms with Crippen molar-refractivity contribution >= 4 is 33.4 Å². The fourth-order valence-corrected chi connectivity index (χ4v) is 2.82. The number of para-hydroxylation sites is 1. The third-order valence-corrected chi connectivity index (χ3v) is 4.00. The molecule has 100 valence electrons. The maximum atomic E-state index is 12.1. The minimum absolute atomic E-state index is 0.126. The number of carbonyl (C=O) groups is 1. The molecule has 0 N–H and O–H groups in total. The number of ketones is 1. The molecule has 3 nitrogen and oxygen atoms in total. The summed E-state index contributed by atoms with van der Waals surface area (Å²) >= 11 is 1.38. The van der Waals surface area contributed by atoms with Gasteiger partial charge in [0.2, 0.25) is 5.78 Å². The van der Waals surface area contributed by atoms with Crippen molar-refractivity contribution in [3.63, 3.8) is 0 Å². The van der Waals surface area contributed by atoms with Crippen LogP contribution in [0.2, 0.25) is 0 Å². The largest absolute Gasteiger partial charge is 0.287 e. The molecule has 3 rings (SSSR count). The second-order valence-corrected chi connectivity index (χ2v) is 5.45. The Morgan fingerprint density at radius 3 is 2.86 bits per heavy atom. The van der Waals surface area contributed by atoms with Crippen LogP contribution in [0, 0.1) is 11.3 Å². The Morgan fingerprint density at radius 1 is 1.19 bits per heavy atom. The summed E-state index contributed by atoms with van der Waals surface area (Å²) in [6.45, 7) is 0. The smallest absolute Gasteiger partial charge is 0.214 e. The molecule has 2 aromatic carbocycles. The molecule has 0 bridgehead atoms. The number of rotatable bonds is 3. The topological polar surface area (TPSA) is 53.8 Å². The molecule has 0 saturated carbocycles. The molecule has 0 radical (unpaired) electrons. The summed E-state index contributed by atoms with van der Waals surface area (Å²) in [4.78, 5) is 16.5. The normalized spacial score (nSPS) is 10.8. The van der Waals surface area contributed by atoms with Gasteiger partial charge in [-0.05, 0) is 35.9 Å². The molecule has 4 heteroatoms. The first kappa shape index (κ1) is 13.2. The van der Waals surface area contributed by atoms with Crippen LogP contribution in [0.25, 0.3) is 16.3 Å². The number of nitriles is 1. The van der Waals surface area contributed by atoms with Gasteiger partial charge in [-0.1, -0.05) is 30.3 Å². The van der Waals surface area contributed by atoms with E-state index in [-0.39, 0.29) is 5.78 Å². The zero-order valence-corrected chi connectivity index (χ0v) is 11.8. The van der Waals surface area contributed by atoms with Crippen LogP contribution in [0.3, 0.4) is 0 Å². The number of nitrogens with zero attached hydrogens (tertiary/aromatic N) is 2. The minimum atomic E-state index is -0.126. The van der Waals surface area contributed by atoms with E-state index in [1.165, 1.54) is 17.4 Å². The maximum Gasteiger partial charge on any atom is 0.214 e. The Balaban J connectivity index is 1.85. The molecule has 0 aliphatic rings. The third-order valence-electron chi connectivity index (χ3n) is 2.95. The molecule has 0 atom stereocenters. The molecule has 0 unspecified atom stereocenters. The van der Waals surface area contributed by atoms with E-state index in [0.29, 0.717) is 10.6 Å². The van der Waals surface area contributed by atoms with Crippen LogP contribution in [0.4, 0.5) is 0 Å². The molecule has 0 aliphatic carbocycles. The Labute approximate surface area is 125 Å². The van der Waals surface area contributed by atoms with Gasteiger partial charge in [-0.3, -0.25) is 4.79 Å². The van der Waals surface area contributed by atoms with Gasteiger partial charge >= 0.3 is 0 Å². The first-order valence-corrected chi connectivity index (χ1v) is 7.16. The van der Waals surface area contributed by atoms with E-state index in [0.717, 1.165) is 15.8 Å². The van der Waals surface area contributed by atoms with Gasteiger partial charge in [-0.2, -0.15) is 5.26 Å². The molecule has 0 aliphatic heterocycles. The number of aromatic nitrogens is 1. The SMILES string of the molecule is N#Cc1cccc(/C=C/C(=O)c2nc3ccccc3s2)c1. The van der Waals surface area contributed by atoms with E-state index in [4.69, 9.17) is 5.26 Å². The molecule has 0 amide bonds. The van der Waals surface area contributed by atoms with Crippen LogP contribution in [-0.2, 0) is 0 Å². The number of thiazole rings is 1. The second-order valence-electron chi connectivity index (χ2n) is 4.42. The van der Waals surface area contributed by atoms with E-state index in [1.807, 2.05) is 30.3 Å². The van der Waals surface area contributed by atoms with Crippen molar-refractivity contribution in [2.24, 2.45) is 0 Å². The number of carbonyl (C=O) groups excluding carboxylic acids is 1. The zero-order chi connectivity index (χ0) is 14.7. The second kappa shape index (κ2) is 5.70. The lowest BCUT2D eigenvalue weighted by Gasteiger charge is -1.93. The average molecular weight is 290 g/mol. The number of hydrogen-bond donors (Lipinski definition) is 0. The Hall–Kier alpha value is -2.77. The summed E-state index contributed by atoms with van der Waals surface area (Å²) in [7, 11) is 0. The Morgan fingerprint density at radius 2 is 2.05 bits per heavy atom. The van der Waals surface area contributed by atoms with Gasteiger partial charge in [-0.25, -0.2) is 4.98 Å². The van der Waals surface area contributed by atoms with E-state index in [2.05, 4.69) is 11.1 Å². The molecule has 1 aromatic heterocycles. The highest BCUT2D eigenvalue weighted by Crippen LogP contribution is 2.22. The van der Waals surface area contributed by atoms with Crippen molar-refractivity contribution in [2.45, 2.75) is 0 Å². The van der Waals surface area contributed by atoms with Crippen molar-refractivity contribution in [2.75, 3.05) is 0 Å². The van der Waals surface area contributed by atoms with Crippen LogP contribution in [0.1, 0.15) is 20.9 Å². The highest BCUT2D eigenvalue weighted by atomic mass is 32.1. The highest BCUT2D eigenvalue weighted by Gasteiger charge is 2.08. The van der Waals surface area contributed by atoms with Crippen molar-refractivity contribution in [1.29, 1.82) is 5.26 Å². The van der Waals surface area contributed by atoms with E-state index >= 15 is 0 Å². The number of allylic oxidation sites excluding steroid dienone is 1. The Kier molecular flexibility index (Phi) is 3.59. The number of fused-ring (bicyclic) bond motifs is 1. The summed E-state index contributed by atoms with van der Waals surface area (Å²) in [5, 5.41) is 9.32. The zero-order valence-electron chi connectivity index (χ0n) is 11.0. The van der Waals surface area contributed by atoms with Crippen LogP contribution in [-0.4, -0.2) is 10.8 Å². The fraction of sp³-hybridized carbons (Fsp3) is 0. The van der Waals surface area contributed by atoms with E-state index < -0.39 is 0 Å². The summed E-state index contributed by atoms with van der Waals surface area (Å²) in [6, 6.07) is 16.9. The van der Waals surface area contributed by atoms with Crippen molar-refractivity contribution in [3.8, 4) is 6.07 Å². The molecule has 3 aromatic rings. The minimum Gasteiger partial charge on any atom is -0.287 e. The first-order valence-electron chi connectivity index (χ1n) is 6.34. The van der Waals surface area contributed by atoms with Crippen LogP contribution >= 0.6 is 11.3 Å². The van der Waals surface area contributed by atoms with E-state index in [1.54, 1.807) is 24.3 Å². The lowest BCUT2D eigenvalue weighted by atomic mass is 10.1. The first-order chi connectivity index (χ1) is 10.3. The predicted octanol–water partition coefficient (Wildman–Crippen LogP) is 4.06. The lowest BCUT2D eigenvalue weighted by molar-refractivity contribution is 0.104. The number of benzene rings is 2. The van der Waals surface area contributed by atoms with Crippen LogP contribution in [0.15, 0.2) is 54.6 Å². The van der Waals surface area contributed by atoms with Crippen molar-refractivity contribution in [1.82, 2.24) is 4.98 Å². The van der Waals surface area contributed by atoms with Gasteiger partial charge in [0.1, 0.15) is 0 Å². The average Bonchev–Trinajstić information content (AvgIpc) is 2.97. The van der Waals surface area contributed by atoms with Crippen LogP contribution < -0.4 is 0 Å². The Bertz CT molecular complexity index is 854. The molecule has 21 heavy (non-hydrogen) atoms. The van der Waals surface area contributed by atoms with Crippen molar-refractivity contribution < 1.29 is 4.79 Å². The summed E-state index contributed by atoms with van der Waals surface area (Å²) in [5.74, 6) is -0.126. The summed E-state index contributed by atoms with van der Waals surface area (Å²) in [6.07, 6.45) is 3.20.